The van der Waals surface area contributed by atoms with E-state index in [1.807, 2.05) is 35.9 Å². The topological polar surface area (TPSA) is 59.8 Å². The molecule has 0 saturated carbocycles. The third-order valence-electron chi connectivity index (χ3n) is 4.75. The van der Waals surface area contributed by atoms with Gasteiger partial charge in [-0.3, -0.25) is 4.79 Å². The molecule has 1 aromatic heterocycles. The minimum atomic E-state index is -0.0512. The Morgan fingerprint density at radius 3 is 3.04 bits per heavy atom. The number of aromatic nitrogens is 3. The molecule has 1 atom stereocenters. The second-order valence-corrected chi connectivity index (χ2v) is 6.23. The van der Waals surface area contributed by atoms with Crippen molar-refractivity contribution in [3.05, 3.63) is 59.2 Å². The van der Waals surface area contributed by atoms with Gasteiger partial charge in [-0.2, -0.15) is 0 Å². The molecular formula is C19H20N4O. The zero-order valence-electron chi connectivity index (χ0n) is 13.7. The summed E-state index contributed by atoms with van der Waals surface area (Å²) in [4.78, 5) is 12.7. The van der Waals surface area contributed by atoms with E-state index in [-0.39, 0.29) is 11.9 Å². The molecule has 5 nitrogen and oxygen atoms in total. The van der Waals surface area contributed by atoms with Gasteiger partial charge < -0.3 is 5.32 Å². The highest BCUT2D eigenvalue weighted by molar-refractivity contribution is 5.97. The normalized spacial score (nSPS) is 16.8. The molecule has 1 aliphatic rings. The fourth-order valence-corrected chi connectivity index (χ4v) is 3.49. The van der Waals surface area contributed by atoms with Crippen LogP contribution in [0.3, 0.4) is 0 Å². The zero-order valence-corrected chi connectivity index (χ0v) is 13.7. The van der Waals surface area contributed by atoms with Gasteiger partial charge in [0.2, 0.25) is 0 Å². The van der Waals surface area contributed by atoms with Crippen LogP contribution >= 0.6 is 0 Å². The molecule has 1 aliphatic carbocycles. The smallest absolute Gasteiger partial charge is 0.251 e. The Morgan fingerprint density at radius 2 is 2.17 bits per heavy atom. The Balaban J connectivity index is 1.59. The van der Waals surface area contributed by atoms with Crippen molar-refractivity contribution in [1.29, 1.82) is 0 Å². The Labute approximate surface area is 140 Å². The number of hydrogen-bond acceptors (Lipinski definition) is 3. The highest BCUT2D eigenvalue weighted by Gasteiger charge is 2.22. The molecule has 2 aromatic carbocycles. The van der Waals surface area contributed by atoms with Gasteiger partial charge >= 0.3 is 0 Å². The Bertz CT molecular complexity index is 899. The van der Waals surface area contributed by atoms with Crippen molar-refractivity contribution in [2.45, 2.75) is 38.8 Å². The van der Waals surface area contributed by atoms with E-state index in [1.165, 1.54) is 11.1 Å². The summed E-state index contributed by atoms with van der Waals surface area (Å²) in [7, 11) is 0. The van der Waals surface area contributed by atoms with Crippen LogP contribution in [0.4, 0.5) is 0 Å². The minimum absolute atomic E-state index is 0.0512. The van der Waals surface area contributed by atoms with Crippen molar-refractivity contribution in [3.63, 3.8) is 0 Å². The summed E-state index contributed by atoms with van der Waals surface area (Å²) in [6, 6.07) is 14.1. The molecule has 1 amide bonds. The largest absolute Gasteiger partial charge is 0.345 e. The Morgan fingerprint density at radius 1 is 1.29 bits per heavy atom. The number of aryl methyl sites for hydroxylation is 2. The van der Waals surface area contributed by atoms with Gasteiger partial charge in [0.1, 0.15) is 5.52 Å². The van der Waals surface area contributed by atoms with Gasteiger partial charge in [0, 0.05) is 12.1 Å². The number of carbonyl (C=O) groups excluding carboxylic acids is 1. The molecule has 3 aromatic rings. The first-order valence-corrected chi connectivity index (χ1v) is 8.48. The summed E-state index contributed by atoms with van der Waals surface area (Å²) in [5.41, 5.74) is 4.94. The number of nitrogens with one attached hydrogen (secondary N) is 1. The maximum absolute atomic E-state index is 12.7. The van der Waals surface area contributed by atoms with Crippen LogP contribution < -0.4 is 5.32 Å². The number of benzene rings is 2. The molecule has 0 saturated heterocycles. The molecule has 0 radical (unpaired) electrons. The SMILES string of the molecule is CCn1nnc2cc(C(=O)N[C@@H]3CCCc4ccccc43)ccc21. The van der Waals surface area contributed by atoms with Crippen LogP contribution in [0, 0.1) is 0 Å². The lowest BCUT2D eigenvalue weighted by Gasteiger charge is -2.26. The molecule has 1 N–H and O–H groups in total. The number of carbonyl (C=O) groups is 1. The number of fused-ring (bicyclic) bond motifs is 2. The third-order valence-corrected chi connectivity index (χ3v) is 4.75. The van der Waals surface area contributed by atoms with Gasteiger partial charge in [-0.1, -0.05) is 29.5 Å². The third kappa shape index (κ3) is 2.56. The Kier molecular flexibility index (Phi) is 3.76. The molecule has 0 aliphatic heterocycles. The predicted molar refractivity (Wildman–Crippen MR) is 92.8 cm³/mol. The number of hydrogen-bond donors (Lipinski definition) is 1. The zero-order chi connectivity index (χ0) is 16.5. The van der Waals surface area contributed by atoms with Crippen LogP contribution in [0.2, 0.25) is 0 Å². The fraction of sp³-hybridized carbons (Fsp3) is 0.316. The second-order valence-electron chi connectivity index (χ2n) is 6.23. The van der Waals surface area contributed by atoms with E-state index in [2.05, 4.69) is 33.8 Å². The average Bonchev–Trinajstić information content (AvgIpc) is 3.04. The first-order chi connectivity index (χ1) is 11.8. The standard InChI is InChI=1S/C19H20N4O/c1-2-23-18-11-10-14(12-17(18)21-22-23)19(24)20-16-9-5-7-13-6-3-4-8-15(13)16/h3-4,6,8,10-12,16H,2,5,7,9H2,1H3,(H,20,24)/t16-/m1/s1. The molecule has 24 heavy (non-hydrogen) atoms. The molecule has 0 bridgehead atoms. The molecular weight excluding hydrogens is 300 g/mol. The van der Waals surface area contributed by atoms with Crippen LogP contribution in [0.15, 0.2) is 42.5 Å². The molecule has 1 heterocycles. The van der Waals surface area contributed by atoms with E-state index in [4.69, 9.17) is 0 Å². The van der Waals surface area contributed by atoms with E-state index < -0.39 is 0 Å². The van der Waals surface area contributed by atoms with E-state index in [0.29, 0.717) is 5.56 Å². The molecule has 4 rings (SSSR count). The lowest BCUT2D eigenvalue weighted by molar-refractivity contribution is 0.0933. The number of rotatable bonds is 3. The maximum atomic E-state index is 12.7. The number of nitrogens with zero attached hydrogens (tertiary/aromatic N) is 3. The van der Waals surface area contributed by atoms with Crippen molar-refractivity contribution in [2.75, 3.05) is 0 Å². The van der Waals surface area contributed by atoms with Crippen LogP contribution in [0.5, 0.6) is 0 Å². The van der Waals surface area contributed by atoms with Gasteiger partial charge in [-0.15, -0.1) is 5.10 Å². The van der Waals surface area contributed by atoms with Crippen molar-refractivity contribution in [3.8, 4) is 0 Å². The first-order valence-electron chi connectivity index (χ1n) is 8.48. The molecule has 0 fully saturated rings. The maximum Gasteiger partial charge on any atom is 0.251 e. The molecule has 5 heteroatoms. The van der Waals surface area contributed by atoms with Crippen molar-refractivity contribution in [2.24, 2.45) is 0 Å². The van der Waals surface area contributed by atoms with Crippen molar-refractivity contribution < 1.29 is 4.79 Å². The highest BCUT2D eigenvalue weighted by Crippen LogP contribution is 2.29. The van der Waals surface area contributed by atoms with Crippen LogP contribution in [-0.2, 0) is 13.0 Å². The first kappa shape index (κ1) is 14.9. The summed E-state index contributed by atoms with van der Waals surface area (Å²) in [6.07, 6.45) is 3.18. The second kappa shape index (κ2) is 6.07. The monoisotopic (exact) mass is 320 g/mol. The van der Waals surface area contributed by atoms with Gasteiger partial charge in [0.05, 0.1) is 11.6 Å². The quantitative estimate of drug-likeness (QED) is 0.806. The summed E-state index contributed by atoms with van der Waals surface area (Å²) < 4.78 is 1.83. The lowest BCUT2D eigenvalue weighted by atomic mass is 9.87. The highest BCUT2D eigenvalue weighted by atomic mass is 16.1. The van der Waals surface area contributed by atoms with Crippen LogP contribution in [0.1, 0.15) is 47.3 Å². The van der Waals surface area contributed by atoms with Gasteiger partial charge in [-0.25, -0.2) is 4.68 Å². The van der Waals surface area contributed by atoms with Crippen molar-refractivity contribution in [1.82, 2.24) is 20.3 Å². The van der Waals surface area contributed by atoms with E-state index >= 15 is 0 Å². The molecule has 0 spiro atoms. The molecule has 122 valence electrons. The summed E-state index contributed by atoms with van der Waals surface area (Å²) >= 11 is 0. The van der Waals surface area contributed by atoms with E-state index in [0.717, 1.165) is 36.8 Å². The van der Waals surface area contributed by atoms with Gasteiger partial charge in [0.25, 0.3) is 5.91 Å². The predicted octanol–water partition coefficient (Wildman–Crippen LogP) is 3.26. The van der Waals surface area contributed by atoms with Crippen molar-refractivity contribution >= 4 is 16.9 Å². The Hall–Kier alpha value is -2.69. The molecule has 0 unspecified atom stereocenters. The minimum Gasteiger partial charge on any atom is -0.345 e. The van der Waals surface area contributed by atoms with Gasteiger partial charge in [0.15, 0.2) is 0 Å². The van der Waals surface area contributed by atoms with E-state index in [1.54, 1.807) is 0 Å². The summed E-state index contributed by atoms with van der Waals surface area (Å²) in [5.74, 6) is -0.0512. The average molecular weight is 320 g/mol. The summed E-state index contributed by atoms with van der Waals surface area (Å²) in [5, 5.41) is 11.4. The fourth-order valence-electron chi connectivity index (χ4n) is 3.49. The van der Waals surface area contributed by atoms with Crippen LogP contribution in [-0.4, -0.2) is 20.9 Å². The van der Waals surface area contributed by atoms with Gasteiger partial charge in [-0.05, 0) is 55.5 Å². The summed E-state index contributed by atoms with van der Waals surface area (Å²) in [6.45, 7) is 2.79. The van der Waals surface area contributed by atoms with E-state index in [9.17, 15) is 4.79 Å². The number of amides is 1. The van der Waals surface area contributed by atoms with Crippen LogP contribution in [0.25, 0.3) is 11.0 Å². The lowest BCUT2D eigenvalue weighted by Crippen LogP contribution is -2.30.